The number of carbonyl (C=O) groups excluding carboxylic acids is 1. The number of urea groups is 1. The maximum absolute atomic E-state index is 12.1. The van der Waals surface area contributed by atoms with Crippen LogP contribution < -0.4 is 16.0 Å². The quantitative estimate of drug-likeness (QED) is 0.390. The maximum atomic E-state index is 12.1. The minimum atomic E-state index is -0.291. The molecule has 30 heavy (non-hydrogen) atoms. The predicted octanol–water partition coefficient (Wildman–Crippen LogP) is 4.13. The Bertz CT molecular complexity index is 1190. The Hall–Kier alpha value is -4.38. The van der Waals surface area contributed by atoms with E-state index < -0.39 is 0 Å². The molecule has 0 radical (unpaired) electrons. The molecular formula is C22H19N7O. The van der Waals surface area contributed by atoms with Crippen molar-refractivity contribution in [3.63, 3.8) is 0 Å². The fourth-order valence-electron chi connectivity index (χ4n) is 3.06. The standard InChI is InChI=1S/C22H19N7O/c23-12-16-13-25-19-14-26-29-21(19)20(16)24-11-10-15-6-8-18(9-7-15)28-22(30)27-17-4-2-1-3-5-17/h1-9,13-14H,10-11H2,(H,24,25)(H,26,29)(H2,27,28,30). The first-order chi connectivity index (χ1) is 14.7. The normalized spacial score (nSPS) is 10.4. The number of aromatic nitrogens is 3. The molecule has 4 aromatic rings. The molecule has 4 N–H and O–H groups in total. The molecule has 0 aliphatic carbocycles. The highest BCUT2D eigenvalue weighted by molar-refractivity contribution is 5.99. The highest BCUT2D eigenvalue weighted by Crippen LogP contribution is 2.23. The van der Waals surface area contributed by atoms with Gasteiger partial charge in [0.1, 0.15) is 17.1 Å². The molecule has 8 heteroatoms. The summed E-state index contributed by atoms with van der Waals surface area (Å²) in [4.78, 5) is 16.3. The number of hydrogen-bond acceptors (Lipinski definition) is 5. The van der Waals surface area contributed by atoms with Crippen LogP contribution in [-0.2, 0) is 6.42 Å². The number of benzene rings is 2. The van der Waals surface area contributed by atoms with Crippen LogP contribution in [0.15, 0.2) is 67.0 Å². The molecule has 2 amide bonds. The van der Waals surface area contributed by atoms with E-state index in [9.17, 15) is 10.1 Å². The average molecular weight is 397 g/mol. The van der Waals surface area contributed by atoms with Gasteiger partial charge in [-0.1, -0.05) is 30.3 Å². The molecule has 0 saturated heterocycles. The SMILES string of the molecule is N#Cc1cnc2cn[nH]c2c1NCCc1ccc(NC(=O)Nc2ccccc2)cc1. The van der Waals surface area contributed by atoms with E-state index in [4.69, 9.17) is 0 Å². The highest BCUT2D eigenvalue weighted by atomic mass is 16.2. The summed E-state index contributed by atoms with van der Waals surface area (Å²) in [7, 11) is 0. The predicted molar refractivity (Wildman–Crippen MR) is 116 cm³/mol. The van der Waals surface area contributed by atoms with Gasteiger partial charge in [0.15, 0.2) is 0 Å². The number of fused-ring (bicyclic) bond motifs is 1. The monoisotopic (exact) mass is 397 g/mol. The first kappa shape index (κ1) is 19.0. The molecule has 0 unspecified atom stereocenters. The Labute approximate surface area is 173 Å². The van der Waals surface area contributed by atoms with Crippen LogP contribution in [0.5, 0.6) is 0 Å². The fourth-order valence-corrected chi connectivity index (χ4v) is 3.06. The summed E-state index contributed by atoms with van der Waals surface area (Å²) in [5.74, 6) is 0. The van der Waals surface area contributed by atoms with Crippen molar-refractivity contribution in [1.29, 1.82) is 5.26 Å². The molecule has 148 valence electrons. The Balaban J connectivity index is 1.33. The van der Waals surface area contributed by atoms with Gasteiger partial charge in [0.2, 0.25) is 0 Å². The third-order valence-electron chi connectivity index (χ3n) is 4.55. The number of amides is 2. The number of pyridine rings is 1. The Morgan fingerprint density at radius 2 is 1.73 bits per heavy atom. The number of H-pyrrole nitrogens is 1. The summed E-state index contributed by atoms with van der Waals surface area (Å²) in [6, 6.07) is 18.8. The lowest BCUT2D eigenvalue weighted by atomic mass is 10.1. The molecule has 0 fully saturated rings. The molecule has 2 aromatic heterocycles. The van der Waals surface area contributed by atoms with Crippen LogP contribution in [0.2, 0.25) is 0 Å². The average Bonchev–Trinajstić information content (AvgIpc) is 3.25. The molecule has 0 bridgehead atoms. The Morgan fingerprint density at radius 3 is 2.47 bits per heavy atom. The zero-order valence-corrected chi connectivity index (χ0v) is 16.0. The first-order valence-electron chi connectivity index (χ1n) is 9.41. The number of nitriles is 1. The number of hydrogen-bond donors (Lipinski definition) is 4. The van der Waals surface area contributed by atoms with Crippen LogP contribution >= 0.6 is 0 Å². The fraction of sp³-hybridized carbons (Fsp3) is 0.0909. The van der Waals surface area contributed by atoms with Crippen molar-refractivity contribution in [2.45, 2.75) is 6.42 Å². The van der Waals surface area contributed by atoms with Gasteiger partial charge in [-0.15, -0.1) is 0 Å². The maximum Gasteiger partial charge on any atom is 0.323 e. The first-order valence-corrected chi connectivity index (χ1v) is 9.41. The van der Waals surface area contributed by atoms with Crippen molar-refractivity contribution in [2.24, 2.45) is 0 Å². The van der Waals surface area contributed by atoms with Crippen molar-refractivity contribution in [1.82, 2.24) is 15.2 Å². The van der Waals surface area contributed by atoms with Gasteiger partial charge in [0, 0.05) is 24.1 Å². The van der Waals surface area contributed by atoms with Gasteiger partial charge < -0.3 is 16.0 Å². The Morgan fingerprint density at radius 1 is 1.00 bits per heavy atom. The van der Waals surface area contributed by atoms with Gasteiger partial charge in [-0.25, -0.2) is 4.79 Å². The largest absolute Gasteiger partial charge is 0.382 e. The van der Waals surface area contributed by atoms with Crippen LogP contribution in [0, 0.1) is 11.3 Å². The van der Waals surface area contributed by atoms with Gasteiger partial charge in [0.05, 0.1) is 17.4 Å². The van der Waals surface area contributed by atoms with E-state index in [0.29, 0.717) is 29.0 Å². The molecule has 0 aliphatic rings. The molecule has 2 aromatic carbocycles. The van der Waals surface area contributed by atoms with Crippen LogP contribution in [0.25, 0.3) is 11.0 Å². The number of nitrogens with one attached hydrogen (secondary N) is 4. The number of anilines is 3. The number of rotatable bonds is 6. The van der Waals surface area contributed by atoms with E-state index in [1.807, 2.05) is 54.6 Å². The number of para-hydroxylation sites is 1. The molecule has 0 aliphatic heterocycles. The minimum Gasteiger partial charge on any atom is -0.382 e. The number of carbonyl (C=O) groups is 1. The third kappa shape index (κ3) is 4.36. The molecule has 0 atom stereocenters. The zero-order valence-electron chi connectivity index (χ0n) is 16.0. The van der Waals surface area contributed by atoms with E-state index in [-0.39, 0.29) is 6.03 Å². The summed E-state index contributed by atoms with van der Waals surface area (Å²) in [5, 5.41) is 25.1. The van der Waals surface area contributed by atoms with E-state index in [1.54, 1.807) is 12.4 Å². The number of aromatic amines is 1. The van der Waals surface area contributed by atoms with Crippen molar-refractivity contribution in [3.8, 4) is 6.07 Å². The van der Waals surface area contributed by atoms with Crippen molar-refractivity contribution < 1.29 is 4.79 Å². The van der Waals surface area contributed by atoms with Gasteiger partial charge in [-0.2, -0.15) is 10.4 Å². The van der Waals surface area contributed by atoms with Crippen molar-refractivity contribution in [2.75, 3.05) is 22.5 Å². The van der Waals surface area contributed by atoms with Crippen molar-refractivity contribution >= 4 is 34.1 Å². The van der Waals surface area contributed by atoms with E-state index in [0.717, 1.165) is 23.2 Å². The smallest absolute Gasteiger partial charge is 0.323 e. The van der Waals surface area contributed by atoms with Gasteiger partial charge in [-0.05, 0) is 36.2 Å². The van der Waals surface area contributed by atoms with Gasteiger partial charge in [0.25, 0.3) is 0 Å². The summed E-state index contributed by atoms with van der Waals surface area (Å²) in [5.41, 5.74) is 5.15. The summed E-state index contributed by atoms with van der Waals surface area (Å²) >= 11 is 0. The molecular weight excluding hydrogens is 378 g/mol. The highest BCUT2D eigenvalue weighted by Gasteiger charge is 2.10. The van der Waals surface area contributed by atoms with E-state index in [2.05, 4.69) is 37.2 Å². The molecule has 2 heterocycles. The van der Waals surface area contributed by atoms with Gasteiger partial charge >= 0.3 is 6.03 Å². The van der Waals surface area contributed by atoms with Crippen LogP contribution in [0.4, 0.5) is 21.9 Å². The summed E-state index contributed by atoms with van der Waals surface area (Å²) in [6.45, 7) is 0.633. The van der Waals surface area contributed by atoms with Crippen LogP contribution in [-0.4, -0.2) is 27.8 Å². The van der Waals surface area contributed by atoms with Gasteiger partial charge in [-0.3, -0.25) is 10.1 Å². The summed E-state index contributed by atoms with van der Waals surface area (Å²) in [6.07, 6.45) is 3.92. The second-order valence-electron chi connectivity index (χ2n) is 6.61. The number of nitrogens with zero attached hydrogens (tertiary/aromatic N) is 3. The van der Waals surface area contributed by atoms with Crippen LogP contribution in [0.1, 0.15) is 11.1 Å². The van der Waals surface area contributed by atoms with Crippen molar-refractivity contribution in [3.05, 3.63) is 78.1 Å². The Kier molecular flexibility index (Phi) is 5.53. The lowest BCUT2D eigenvalue weighted by molar-refractivity contribution is 0.262. The lowest BCUT2D eigenvalue weighted by Crippen LogP contribution is -2.19. The van der Waals surface area contributed by atoms with Crippen LogP contribution in [0.3, 0.4) is 0 Å². The van der Waals surface area contributed by atoms with E-state index >= 15 is 0 Å². The minimum absolute atomic E-state index is 0.291. The molecule has 0 spiro atoms. The summed E-state index contributed by atoms with van der Waals surface area (Å²) < 4.78 is 0. The second-order valence-corrected chi connectivity index (χ2v) is 6.61. The zero-order chi connectivity index (χ0) is 20.8. The molecule has 4 rings (SSSR count). The topological polar surface area (TPSA) is 119 Å². The third-order valence-corrected chi connectivity index (χ3v) is 4.55. The lowest BCUT2D eigenvalue weighted by Gasteiger charge is -2.10. The van der Waals surface area contributed by atoms with E-state index in [1.165, 1.54) is 0 Å². The molecule has 8 nitrogen and oxygen atoms in total. The second kappa shape index (κ2) is 8.75. The molecule has 0 saturated carbocycles.